The van der Waals surface area contributed by atoms with Gasteiger partial charge in [-0.25, -0.2) is 4.79 Å². The van der Waals surface area contributed by atoms with E-state index in [4.69, 9.17) is 9.76 Å². The Hall–Kier alpha value is -1.47. The Morgan fingerprint density at radius 2 is 2.24 bits per heavy atom. The SMILES string of the molecule is O=C(O)C(F)(F)Cc1cccc2c1B(O)OC2. The van der Waals surface area contributed by atoms with E-state index in [-0.39, 0.29) is 17.6 Å². The molecule has 0 atom stereocenters. The van der Waals surface area contributed by atoms with E-state index in [2.05, 4.69) is 0 Å². The van der Waals surface area contributed by atoms with Crippen molar-refractivity contribution < 1.29 is 28.4 Å². The zero-order valence-electron chi connectivity index (χ0n) is 8.69. The Labute approximate surface area is 96.0 Å². The molecule has 0 saturated carbocycles. The molecule has 2 rings (SSSR count). The van der Waals surface area contributed by atoms with Gasteiger partial charge in [0.25, 0.3) is 0 Å². The third-order valence-corrected chi connectivity index (χ3v) is 2.66. The topological polar surface area (TPSA) is 66.8 Å². The fourth-order valence-corrected chi connectivity index (χ4v) is 1.83. The number of alkyl halides is 2. The summed E-state index contributed by atoms with van der Waals surface area (Å²) in [6.45, 7) is 0.142. The molecule has 0 radical (unpaired) electrons. The molecule has 0 spiro atoms. The molecule has 0 saturated heterocycles. The largest absolute Gasteiger partial charge is 0.492 e. The Balaban J connectivity index is 2.35. The van der Waals surface area contributed by atoms with Crippen LogP contribution in [0.4, 0.5) is 8.78 Å². The van der Waals surface area contributed by atoms with E-state index < -0.39 is 25.4 Å². The van der Waals surface area contributed by atoms with Gasteiger partial charge in [-0.05, 0) is 16.6 Å². The minimum absolute atomic E-state index is 0.0971. The monoisotopic (exact) mass is 242 g/mol. The molecule has 17 heavy (non-hydrogen) atoms. The lowest BCUT2D eigenvalue weighted by Crippen LogP contribution is -2.37. The van der Waals surface area contributed by atoms with Crippen LogP contribution in [0.5, 0.6) is 0 Å². The standard InChI is InChI=1S/C10H9BF2O4/c12-10(13,9(14)15)4-6-2-1-3-7-5-17-11(16)8(6)7/h1-3,16H,4-5H2,(H,14,15). The Morgan fingerprint density at radius 1 is 1.53 bits per heavy atom. The van der Waals surface area contributed by atoms with Crippen LogP contribution in [-0.4, -0.2) is 29.1 Å². The lowest BCUT2D eigenvalue weighted by atomic mass is 9.75. The average molecular weight is 242 g/mol. The molecule has 7 heteroatoms. The van der Waals surface area contributed by atoms with Crippen molar-refractivity contribution in [3.63, 3.8) is 0 Å². The van der Waals surface area contributed by atoms with Crippen LogP contribution < -0.4 is 5.46 Å². The summed E-state index contributed by atoms with van der Waals surface area (Å²) in [5, 5.41) is 17.9. The van der Waals surface area contributed by atoms with Gasteiger partial charge >= 0.3 is 19.0 Å². The number of carboxylic acid groups (broad SMARTS) is 1. The number of hydrogen-bond donors (Lipinski definition) is 2. The second-order valence-electron chi connectivity index (χ2n) is 3.84. The van der Waals surface area contributed by atoms with Crippen molar-refractivity contribution in [1.82, 2.24) is 0 Å². The summed E-state index contributed by atoms with van der Waals surface area (Å²) < 4.78 is 31.1. The lowest BCUT2D eigenvalue weighted by Gasteiger charge is -2.13. The second kappa shape index (κ2) is 4.08. The first-order chi connectivity index (χ1) is 7.92. The van der Waals surface area contributed by atoms with Crippen LogP contribution in [0, 0.1) is 0 Å². The van der Waals surface area contributed by atoms with Crippen molar-refractivity contribution in [1.29, 1.82) is 0 Å². The molecule has 1 aliphatic rings. The summed E-state index contributed by atoms with van der Waals surface area (Å²) in [6.07, 6.45) is -0.952. The normalized spacial score (nSPS) is 14.9. The highest BCUT2D eigenvalue weighted by molar-refractivity contribution is 6.62. The van der Waals surface area contributed by atoms with Gasteiger partial charge in [0.2, 0.25) is 0 Å². The number of carbonyl (C=O) groups is 1. The summed E-state index contributed by atoms with van der Waals surface area (Å²) in [7, 11) is -1.26. The summed E-state index contributed by atoms with van der Waals surface area (Å²) in [5.74, 6) is -6.03. The number of rotatable bonds is 3. The molecule has 90 valence electrons. The first-order valence-electron chi connectivity index (χ1n) is 4.93. The zero-order chi connectivity index (χ0) is 12.6. The number of halogens is 2. The van der Waals surface area contributed by atoms with E-state index in [1.807, 2.05) is 0 Å². The summed E-state index contributed by atoms with van der Waals surface area (Å²) in [6, 6.07) is 4.55. The highest BCUT2D eigenvalue weighted by atomic mass is 19.3. The fourth-order valence-electron chi connectivity index (χ4n) is 1.83. The van der Waals surface area contributed by atoms with Gasteiger partial charge in [0.1, 0.15) is 0 Å². The van der Waals surface area contributed by atoms with Crippen molar-refractivity contribution >= 4 is 18.6 Å². The lowest BCUT2D eigenvalue weighted by molar-refractivity contribution is -0.164. The fraction of sp³-hybridized carbons (Fsp3) is 0.300. The van der Waals surface area contributed by atoms with Crippen molar-refractivity contribution in [3.05, 3.63) is 29.3 Å². The third-order valence-electron chi connectivity index (χ3n) is 2.66. The number of hydrogen-bond acceptors (Lipinski definition) is 3. The second-order valence-corrected chi connectivity index (χ2v) is 3.84. The minimum Gasteiger partial charge on any atom is -0.477 e. The number of carboxylic acids is 1. The quantitative estimate of drug-likeness (QED) is 0.741. The van der Waals surface area contributed by atoms with Crippen molar-refractivity contribution in [2.45, 2.75) is 19.0 Å². The van der Waals surface area contributed by atoms with Crippen LogP contribution in [0.25, 0.3) is 0 Å². The number of aliphatic carboxylic acids is 1. The van der Waals surface area contributed by atoms with Crippen LogP contribution in [0.1, 0.15) is 11.1 Å². The van der Waals surface area contributed by atoms with Gasteiger partial charge < -0.3 is 14.8 Å². The van der Waals surface area contributed by atoms with Gasteiger partial charge in [0, 0.05) is 6.42 Å². The van der Waals surface area contributed by atoms with Crippen LogP contribution in [0.3, 0.4) is 0 Å². The molecule has 1 aliphatic heterocycles. The molecule has 0 fully saturated rings. The zero-order valence-corrected chi connectivity index (χ0v) is 8.69. The Morgan fingerprint density at radius 3 is 2.88 bits per heavy atom. The van der Waals surface area contributed by atoms with Gasteiger partial charge in [0.05, 0.1) is 6.61 Å². The van der Waals surface area contributed by atoms with E-state index in [1.54, 1.807) is 6.07 Å². The summed E-state index contributed by atoms with van der Waals surface area (Å²) in [4.78, 5) is 10.4. The molecule has 4 nitrogen and oxygen atoms in total. The van der Waals surface area contributed by atoms with Crippen LogP contribution in [-0.2, 0) is 22.5 Å². The highest BCUT2D eigenvalue weighted by Gasteiger charge is 2.41. The van der Waals surface area contributed by atoms with Crippen LogP contribution in [0.2, 0.25) is 0 Å². The number of fused-ring (bicyclic) bond motifs is 1. The van der Waals surface area contributed by atoms with Gasteiger partial charge in [-0.1, -0.05) is 18.2 Å². The summed E-state index contributed by atoms with van der Waals surface area (Å²) >= 11 is 0. The van der Waals surface area contributed by atoms with E-state index in [9.17, 15) is 18.6 Å². The van der Waals surface area contributed by atoms with Gasteiger partial charge in [0.15, 0.2) is 0 Å². The molecule has 2 N–H and O–H groups in total. The third kappa shape index (κ3) is 2.16. The number of benzene rings is 1. The van der Waals surface area contributed by atoms with Crippen molar-refractivity contribution in [3.8, 4) is 0 Å². The predicted molar refractivity (Wildman–Crippen MR) is 55.1 cm³/mol. The summed E-state index contributed by atoms with van der Waals surface area (Å²) in [5.41, 5.74) is 0.963. The molecule has 0 aliphatic carbocycles. The van der Waals surface area contributed by atoms with Crippen LogP contribution >= 0.6 is 0 Å². The molecule has 1 aromatic rings. The van der Waals surface area contributed by atoms with Crippen LogP contribution in [0.15, 0.2) is 18.2 Å². The first-order valence-corrected chi connectivity index (χ1v) is 4.93. The molecule has 0 bridgehead atoms. The molecule has 0 amide bonds. The molecular formula is C10H9BF2O4. The maximum absolute atomic E-state index is 13.1. The van der Waals surface area contributed by atoms with E-state index >= 15 is 0 Å². The minimum atomic E-state index is -3.85. The van der Waals surface area contributed by atoms with Gasteiger partial charge in [-0.2, -0.15) is 8.78 Å². The smallest absolute Gasteiger partial charge is 0.477 e. The maximum Gasteiger partial charge on any atom is 0.492 e. The highest BCUT2D eigenvalue weighted by Crippen LogP contribution is 2.22. The molecule has 1 aromatic carbocycles. The molecular weight excluding hydrogens is 233 g/mol. The molecule has 0 aromatic heterocycles. The van der Waals surface area contributed by atoms with E-state index in [0.717, 1.165) is 0 Å². The van der Waals surface area contributed by atoms with Crippen molar-refractivity contribution in [2.24, 2.45) is 0 Å². The Bertz CT molecular complexity index is 464. The van der Waals surface area contributed by atoms with Crippen molar-refractivity contribution in [2.75, 3.05) is 0 Å². The first kappa shape index (κ1) is 12.0. The predicted octanol–water partition coefficient (Wildman–Crippen LogP) is 0.167. The Kier molecular flexibility index (Phi) is 2.88. The average Bonchev–Trinajstić information content (AvgIpc) is 2.61. The van der Waals surface area contributed by atoms with E-state index in [1.165, 1.54) is 12.1 Å². The molecule has 1 heterocycles. The maximum atomic E-state index is 13.1. The van der Waals surface area contributed by atoms with E-state index in [0.29, 0.717) is 5.56 Å². The molecule has 0 unspecified atom stereocenters. The van der Waals surface area contributed by atoms with Gasteiger partial charge in [-0.3, -0.25) is 0 Å². The van der Waals surface area contributed by atoms with Gasteiger partial charge in [-0.15, -0.1) is 0 Å².